The number of Topliss-reactive ketones (excluding diaryl/α,β-unsaturated/α-hetero) is 1. The van der Waals surface area contributed by atoms with Gasteiger partial charge in [-0.15, -0.1) is 0 Å². The van der Waals surface area contributed by atoms with Crippen molar-refractivity contribution in [1.82, 2.24) is 4.90 Å². The van der Waals surface area contributed by atoms with E-state index in [0.717, 1.165) is 29.7 Å². The first-order valence-corrected chi connectivity index (χ1v) is 11.3. The predicted molar refractivity (Wildman–Crippen MR) is 122 cm³/mol. The minimum Gasteiger partial charge on any atom is -0.507 e. The molecule has 0 spiro atoms. The molecule has 6 heteroatoms. The highest BCUT2D eigenvalue weighted by Crippen LogP contribution is 2.41. The molecule has 1 N–H and O–H groups in total. The molecule has 2 aromatic carbocycles. The molecule has 0 aromatic heterocycles. The van der Waals surface area contributed by atoms with E-state index in [1.807, 2.05) is 57.2 Å². The molecule has 2 aliphatic heterocycles. The van der Waals surface area contributed by atoms with Crippen molar-refractivity contribution in [3.63, 3.8) is 0 Å². The number of hydrogen-bond acceptors (Lipinski definition) is 5. The topological polar surface area (TPSA) is 76.1 Å². The first-order valence-electron chi connectivity index (χ1n) is 11.3. The third kappa shape index (κ3) is 3.97. The second-order valence-corrected chi connectivity index (χ2v) is 8.37. The van der Waals surface area contributed by atoms with Crippen LogP contribution in [0.4, 0.5) is 0 Å². The molecular formula is C26H29NO5. The minimum atomic E-state index is -0.663. The number of amides is 1. The van der Waals surface area contributed by atoms with Gasteiger partial charge in [-0.25, -0.2) is 0 Å². The first kappa shape index (κ1) is 21.9. The zero-order valence-corrected chi connectivity index (χ0v) is 18.8. The van der Waals surface area contributed by atoms with Gasteiger partial charge in [-0.3, -0.25) is 9.59 Å². The summed E-state index contributed by atoms with van der Waals surface area (Å²) < 4.78 is 11.5. The normalized spacial score (nSPS) is 21.5. The molecule has 2 heterocycles. The highest BCUT2D eigenvalue weighted by molar-refractivity contribution is 6.46. The lowest BCUT2D eigenvalue weighted by Gasteiger charge is -2.25. The van der Waals surface area contributed by atoms with Gasteiger partial charge in [-0.1, -0.05) is 26.0 Å². The Hall–Kier alpha value is -3.28. The van der Waals surface area contributed by atoms with E-state index >= 15 is 0 Å². The predicted octanol–water partition coefficient (Wildman–Crippen LogP) is 4.63. The number of ketones is 1. The molecule has 2 unspecified atom stereocenters. The number of benzene rings is 2. The molecule has 168 valence electrons. The van der Waals surface area contributed by atoms with Crippen molar-refractivity contribution in [3.8, 4) is 11.5 Å². The molecule has 1 fully saturated rings. The first-order chi connectivity index (χ1) is 15.4. The number of rotatable bonds is 7. The molecule has 4 rings (SSSR count). The van der Waals surface area contributed by atoms with E-state index in [9.17, 15) is 14.7 Å². The Bertz CT molecular complexity index is 1070. The van der Waals surface area contributed by atoms with Crippen molar-refractivity contribution in [2.24, 2.45) is 0 Å². The van der Waals surface area contributed by atoms with Crippen LogP contribution in [0.1, 0.15) is 56.3 Å². The van der Waals surface area contributed by atoms with Crippen LogP contribution in [0.3, 0.4) is 0 Å². The maximum Gasteiger partial charge on any atom is 0.295 e. The second kappa shape index (κ2) is 9.07. The molecule has 0 radical (unpaired) electrons. The quantitative estimate of drug-likeness (QED) is 0.390. The van der Waals surface area contributed by atoms with Gasteiger partial charge in [0.15, 0.2) is 0 Å². The average Bonchev–Trinajstić information content (AvgIpc) is 3.28. The second-order valence-electron chi connectivity index (χ2n) is 8.37. The van der Waals surface area contributed by atoms with E-state index in [2.05, 4.69) is 0 Å². The van der Waals surface area contributed by atoms with E-state index in [0.29, 0.717) is 30.9 Å². The molecule has 0 aliphatic carbocycles. The molecule has 0 bridgehead atoms. The number of hydrogen-bond donors (Lipinski definition) is 1. The van der Waals surface area contributed by atoms with Crippen LogP contribution >= 0.6 is 0 Å². The SMILES string of the molecule is CCCOc1cccc(C2/C(=C(/O)c3ccc4c(c3)CC(C)O4)C(=O)C(=O)N2CCC)c1. The number of aliphatic hydroxyl groups excluding tert-OH is 1. The molecule has 1 amide bonds. The monoisotopic (exact) mass is 435 g/mol. The number of carbonyl (C=O) groups is 2. The van der Waals surface area contributed by atoms with E-state index in [1.165, 1.54) is 0 Å². The Morgan fingerprint density at radius 3 is 2.72 bits per heavy atom. The van der Waals surface area contributed by atoms with E-state index in [1.54, 1.807) is 11.0 Å². The minimum absolute atomic E-state index is 0.0726. The summed E-state index contributed by atoms with van der Waals surface area (Å²) in [6, 6.07) is 12.1. The Morgan fingerprint density at radius 2 is 1.97 bits per heavy atom. The summed E-state index contributed by atoms with van der Waals surface area (Å²) in [4.78, 5) is 27.5. The van der Waals surface area contributed by atoms with Crippen molar-refractivity contribution in [1.29, 1.82) is 0 Å². The van der Waals surface area contributed by atoms with E-state index < -0.39 is 17.7 Å². The number of aliphatic hydroxyl groups is 1. The van der Waals surface area contributed by atoms with Gasteiger partial charge in [-0.2, -0.15) is 0 Å². The van der Waals surface area contributed by atoms with Gasteiger partial charge < -0.3 is 19.5 Å². The smallest absolute Gasteiger partial charge is 0.295 e. The largest absolute Gasteiger partial charge is 0.507 e. The lowest BCUT2D eigenvalue weighted by Crippen LogP contribution is -2.30. The van der Waals surface area contributed by atoms with Crippen molar-refractivity contribution >= 4 is 17.4 Å². The lowest BCUT2D eigenvalue weighted by molar-refractivity contribution is -0.139. The van der Waals surface area contributed by atoms with Gasteiger partial charge in [0.2, 0.25) is 0 Å². The van der Waals surface area contributed by atoms with Gasteiger partial charge in [0.1, 0.15) is 23.4 Å². The number of ether oxygens (including phenoxy) is 2. The zero-order valence-electron chi connectivity index (χ0n) is 18.8. The molecular weight excluding hydrogens is 406 g/mol. The van der Waals surface area contributed by atoms with Crippen LogP contribution < -0.4 is 9.47 Å². The zero-order chi connectivity index (χ0) is 22.8. The van der Waals surface area contributed by atoms with Crippen molar-refractivity contribution in [2.45, 2.75) is 52.2 Å². The third-order valence-corrected chi connectivity index (χ3v) is 5.82. The fraction of sp³-hybridized carbons (Fsp3) is 0.385. The van der Waals surface area contributed by atoms with Gasteiger partial charge in [0.25, 0.3) is 11.7 Å². The standard InChI is InChI=1S/C26H29NO5/c1-4-11-27-23(17-7-6-8-20(15-17)31-12-5-2)22(25(29)26(27)30)24(28)18-9-10-21-19(14-18)13-16(3)32-21/h6-10,14-16,23,28H,4-5,11-13H2,1-3H3/b24-22-. The number of fused-ring (bicyclic) bond motifs is 1. The summed E-state index contributed by atoms with van der Waals surface area (Å²) in [7, 11) is 0. The highest BCUT2D eigenvalue weighted by atomic mass is 16.5. The summed E-state index contributed by atoms with van der Waals surface area (Å²) in [5.74, 6) is 0.0597. The Balaban J connectivity index is 1.81. The van der Waals surface area contributed by atoms with Crippen LogP contribution in [0.25, 0.3) is 5.76 Å². The molecule has 2 aliphatic rings. The highest BCUT2D eigenvalue weighted by Gasteiger charge is 2.45. The number of likely N-dealkylation sites (tertiary alicyclic amines) is 1. The van der Waals surface area contributed by atoms with Gasteiger partial charge in [0, 0.05) is 18.5 Å². The maximum atomic E-state index is 13.1. The van der Waals surface area contributed by atoms with Crippen molar-refractivity contribution in [3.05, 3.63) is 64.7 Å². The fourth-order valence-corrected chi connectivity index (χ4v) is 4.42. The summed E-state index contributed by atoms with van der Waals surface area (Å²) >= 11 is 0. The summed E-state index contributed by atoms with van der Waals surface area (Å²) in [5.41, 5.74) is 2.35. The van der Waals surface area contributed by atoms with Crippen LogP contribution in [0.15, 0.2) is 48.0 Å². The van der Waals surface area contributed by atoms with Crippen molar-refractivity contribution in [2.75, 3.05) is 13.2 Å². The van der Waals surface area contributed by atoms with Crippen LogP contribution in [0.5, 0.6) is 11.5 Å². The van der Waals surface area contributed by atoms with Crippen LogP contribution in [0, 0.1) is 0 Å². The molecule has 1 saturated heterocycles. The van der Waals surface area contributed by atoms with Crippen LogP contribution in [-0.2, 0) is 16.0 Å². The van der Waals surface area contributed by atoms with Gasteiger partial charge in [-0.05, 0) is 61.2 Å². The number of nitrogens with zero attached hydrogens (tertiary/aromatic N) is 1. The molecule has 6 nitrogen and oxygen atoms in total. The molecule has 2 atom stereocenters. The van der Waals surface area contributed by atoms with Crippen LogP contribution in [-0.4, -0.2) is 41.0 Å². The average molecular weight is 436 g/mol. The number of carbonyl (C=O) groups excluding carboxylic acids is 2. The summed E-state index contributed by atoms with van der Waals surface area (Å²) in [6.07, 6.45) is 2.38. The molecule has 2 aromatic rings. The summed E-state index contributed by atoms with van der Waals surface area (Å²) in [5, 5.41) is 11.2. The summed E-state index contributed by atoms with van der Waals surface area (Å²) in [6.45, 7) is 6.97. The molecule has 0 saturated carbocycles. The third-order valence-electron chi connectivity index (χ3n) is 5.82. The van der Waals surface area contributed by atoms with Gasteiger partial charge >= 0.3 is 0 Å². The Labute approximate surface area is 188 Å². The fourth-order valence-electron chi connectivity index (χ4n) is 4.42. The van der Waals surface area contributed by atoms with Crippen molar-refractivity contribution < 1.29 is 24.2 Å². The van der Waals surface area contributed by atoms with E-state index in [-0.39, 0.29) is 17.4 Å². The Kier molecular flexibility index (Phi) is 6.21. The lowest BCUT2D eigenvalue weighted by atomic mass is 9.94. The van der Waals surface area contributed by atoms with E-state index in [4.69, 9.17) is 9.47 Å². The molecule has 32 heavy (non-hydrogen) atoms. The maximum absolute atomic E-state index is 13.1. The Morgan fingerprint density at radius 1 is 1.16 bits per heavy atom. The van der Waals surface area contributed by atoms with Crippen LogP contribution in [0.2, 0.25) is 0 Å². The van der Waals surface area contributed by atoms with Gasteiger partial charge in [0.05, 0.1) is 18.2 Å².